The van der Waals surface area contributed by atoms with Crippen LogP contribution in [0.15, 0.2) is 71.1 Å². The molecular formula is C28H28N4O6S2. The molecule has 0 spiro atoms. The van der Waals surface area contributed by atoms with Gasteiger partial charge in [-0.15, -0.1) is 11.3 Å². The summed E-state index contributed by atoms with van der Waals surface area (Å²) in [5.74, 6) is 0.164. The summed E-state index contributed by atoms with van der Waals surface area (Å²) < 4.78 is 34.5. The first-order valence-electron chi connectivity index (χ1n) is 12.2. The molecule has 10 nitrogen and oxygen atoms in total. The first-order valence-corrected chi connectivity index (χ1v) is 15.0. The predicted molar refractivity (Wildman–Crippen MR) is 153 cm³/mol. The lowest BCUT2D eigenvalue weighted by Gasteiger charge is -2.12. The molecule has 2 heterocycles. The van der Waals surface area contributed by atoms with Gasteiger partial charge in [0, 0.05) is 42.6 Å². The summed E-state index contributed by atoms with van der Waals surface area (Å²) in [6.45, 7) is 2.74. The number of pyridine rings is 1. The molecule has 2 aromatic carbocycles. The van der Waals surface area contributed by atoms with E-state index in [1.165, 1.54) is 23.5 Å². The van der Waals surface area contributed by atoms with Gasteiger partial charge in [-0.25, -0.2) is 13.4 Å². The van der Waals surface area contributed by atoms with Gasteiger partial charge in [0.2, 0.25) is 5.91 Å². The van der Waals surface area contributed by atoms with Crippen LogP contribution in [0.1, 0.15) is 21.6 Å². The van der Waals surface area contributed by atoms with E-state index in [1.807, 2.05) is 19.1 Å². The standard InChI is InChI=1S/C28H28N4O6S2/c1-18-5-4-10-30-26(18)19-13-20(15-23(14-19)38-22-6-8-24(9-7-22)40(3,35)36)27(34)32-28-31-21(17-39-28)16-25(33)29-11-12-37-2/h4-10,13-15,17H,11-12,16H2,1-3H3,(H,29,33)(H,31,32,34). The minimum absolute atomic E-state index is 0.0840. The normalized spacial score (nSPS) is 11.2. The van der Waals surface area contributed by atoms with Crippen molar-refractivity contribution in [3.8, 4) is 22.8 Å². The highest BCUT2D eigenvalue weighted by Crippen LogP contribution is 2.31. The molecule has 4 aromatic rings. The molecule has 2 N–H and O–H groups in total. The molecule has 208 valence electrons. The number of hydrogen-bond donors (Lipinski definition) is 2. The fourth-order valence-corrected chi connectivity index (χ4v) is 5.07. The molecule has 2 aromatic heterocycles. The molecule has 0 fully saturated rings. The molecule has 0 saturated carbocycles. The molecule has 4 rings (SSSR count). The van der Waals surface area contributed by atoms with Gasteiger partial charge >= 0.3 is 0 Å². The number of benzene rings is 2. The van der Waals surface area contributed by atoms with Crippen LogP contribution in [0.25, 0.3) is 11.3 Å². The molecule has 0 aliphatic carbocycles. The van der Waals surface area contributed by atoms with Crippen molar-refractivity contribution in [2.75, 3.05) is 31.8 Å². The molecule has 0 aliphatic rings. The van der Waals surface area contributed by atoms with E-state index in [2.05, 4.69) is 20.6 Å². The van der Waals surface area contributed by atoms with Gasteiger partial charge in [-0.05, 0) is 61.0 Å². The van der Waals surface area contributed by atoms with E-state index in [0.717, 1.165) is 11.8 Å². The number of thiazole rings is 1. The number of nitrogens with one attached hydrogen (secondary N) is 2. The lowest BCUT2D eigenvalue weighted by molar-refractivity contribution is -0.120. The summed E-state index contributed by atoms with van der Waals surface area (Å²) >= 11 is 1.22. The molecule has 0 atom stereocenters. The fourth-order valence-electron chi connectivity index (χ4n) is 3.74. The molecule has 0 saturated heterocycles. The number of carbonyl (C=O) groups excluding carboxylic acids is 2. The zero-order valence-corrected chi connectivity index (χ0v) is 23.8. The maximum atomic E-state index is 13.3. The van der Waals surface area contributed by atoms with Crippen molar-refractivity contribution in [1.29, 1.82) is 0 Å². The first kappa shape index (κ1) is 28.9. The number of rotatable bonds is 11. The molecule has 0 aliphatic heterocycles. The number of aryl methyl sites for hydroxylation is 1. The molecule has 12 heteroatoms. The van der Waals surface area contributed by atoms with Gasteiger partial charge in [0.05, 0.1) is 29.3 Å². The average Bonchev–Trinajstić information content (AvgIpc) is 3.35. The van der Waals surface area contributed by atoms with Gasteiger partial charge in [0.1, 0.15) is 11.5 Å². The number of carbonyl (C=O) groups is 2. The second-order valence-corrected chi connectivity index (χ2v) is 11.8. The van der Waals surface area contributed by atoms with Crippen LogP contribution in [0, 0.1) is 6.92 Å². The third-order valence-electron chi connectivity index (χ3n) is 5.68. The SMILES string of the molecule is COCCNC(=O)Cc1csc(NC(=O)c2cc(Oc3ccc(S(C)(=O)=O)cc3)cc(-c3ncccc3C)c2)n1. The zero-order chi connectivity index (χ0) is 28.7. The van der Waals surface area contributed by atoms with Crippen molar-refractivity contribution in [2.24, 2.45) is 0 Å². The Labute approximate surface area is 236 Å². The van der Waals surface area contributed by atoms with Crippen LogP contribution in [0.5, 0.6) is 11.5 Å². The van der Waals surface area contributed by atoms with Crippen molar-refractivity contribution in [3.63, 3.8) is 0 Å². The number of aromatic nitrogens is 2. The summed E-state index contributed by atoms with van der Waals surface area (Å²) in [4.78, 5) is 34.3. The van der Waals surface area contributed by atoms with Crippen LogP contribution >= 0.6 is 11.3 Å². The van der Waals surface area contributed by atoms with Gasteiger partial charge in [0.15, 0.2) is 15.0 Å². The average molecular weight is 581 g/mol. The Bertz CT molecular complexity index is 1620. The summed E-state index contributed by atoms with van der Waals surface area (Å²) in [7, 11) is -1.79. The number of ether oxygens (including phenoxy) is 2. The van der Waals surface area contributed by atoms with Gasteiger partial charge < -0.3 is 14.8 Å². The largest absolute Gasteiger partial charge is 0.457 e. The van der Waals surface area contributed by atoms with Crippen molar-refractivity contribution in [2.45, 2.75) is 18.2 Å². The first-order chi connectivity index (χ1) is 19.1. The van der Waals surface area contributed by atoms with Crippen molar-refractivity contribution in [3.05, 3.63) is 83.0 Å². The van der Waals surface area contributed by atoms with Crippen LogP contribution < -0.4 is 15.4 Å². The summed E-state index contributed by atoms with van der Waals surface area (Å²) in [6.07, 6.45) is 2.89. The number of hydrogen-bond acceptors (Lipinski definition) is 9. The topological polar surface area (TPSA) is 137 Å². The lowest BCUT2D eigenvalue weighted by Crippen LogP contribution is -2.28. The number of methoxy groups -OCH3 is 1. The van der Waals surface area contributed by atoms with Gasteiger partial charge in [-0.1, -0.05) is 6.07 Å². The Morgan fingerprint density at radius 1 is 1.05 bits per heavy atom. The van der Waals surface area contributed by atoms with Gasteiger partial charge in [-0.2, -0.15) is 0 Å². The summed E-state index contributed by atoms with van der Waals surface area (Å²) in [6, 6.07) is 14.8. The van der Waals surface area contributed by atoms with Crippen molar-refractivity contribution in [1.82, 2.24) is 15.3 Å². The lowest BCUT2D eigenvalue weighted by atomic mass is 10.0. The van der Waals surface area contributed by atoms with E-state index in [4.69, 9.17) is 9.47 Å². The minimum Gasteiger partial charge on any atom is -0.457 e. The maximum Gasteiger partial charge on any atom is 0.257 e. The minimum atomic E-state index is -3.35. The Morgan fingerprint density at radius 2 is 1.82 bits per heavy atom. The Morgan fingerprint density at radius 3 is 2.52 bits per heavy atom. The van der Waals surface area contributed by atoms with E-state index >= 15 is 0 Å². The van der Waals surface area contributed by atoms with Gasteiger partial charge in [-0.3, -0.25) is 19.9 Å². The number of nitrogens with zero attached hydrogens (tertiary/aromatic N) is 2. The van der Waals surface area contributed by atoms with E-state index in [-0.39, 0.29) is 17.2 Å². The number of amides is 2. The summed E-state index contributed by atoms with van der Waals surface area (Å²) in [5.41, 5.74) is 3.11. The molecule has 0 radical (unpaired) electrons. The molecule has 2 amide bonds. The molecule has 0 bridgehead atoms. The summed E-state index contributed by atoms with van der Waals surface area (Å²) in [5, 5.41) is 7.59. The molecular weight excluding hydrogens is 552 g/mol. The Balaban J connectivity index is 1.57. The highest BCUT2D eigenvalue weighted by Gasteiger charge is 2.16. The second-order valence-electron chi connectivity index (χ2n) is 8.88. The van der Waals surface area contributed by atoms with E-state index in [1.54, 1.807) is 49.0 Å². The second kappa shape index (κ2) is 12.8. The zero-order valence-electron chi connectivity index (χ0n) is 22.1. The molecule has 0 unspecified atom stereocenters. The van der Waals surface area contributed by atoms with Crippen molar-refractivity contribution >= 4 is 38.1 Å². The monoisotopic (exact) mass is 580 g/mol. The van der Waals surface area contributed by atoms with Crippen molar-refractivity contribution < 1.29 is 27.5 Å². The number of anilines is 1. The van der Waals surface area contributed by atoms with Crippen LogP contribution in [-0.4, -0.2) is 56.7 Å². The quantitative estimate of drug-likeness (QED) is 0.251. The maximum absolute atomic E-state index is 13.3. The Kier molecular flexibility index (Phi) is 9.25. The van der Waals surface area contributed by atoms with Crippen LogP contribution in [0.4, 0.5) is 5.13 Å². The van der Waals surface area contributed by atoms with Gasteiger partial charge in [0.25, 0.3) is 5.91 Å². The van der Waals surface area contributed by atoms with Crippen LogP contribution in [0.3, 0.4) is 0 Å². The van der Waals surface area contributed by atoms with E-state index in [0.29, 0.717) is 52.3 Å². The molecule has 40 heavy (non-hydrogen) atoms. The third kappa shape index (κ3) is 7.72. The smallest absolute Gasteiger partial charge is 0.257 e. The highest BCUT2D eigenvalue weighted by atomic mass is 32.2. The highest BCUT2D eigenvalue weighted by molar-refractivity contribution is 7.90. The van der Waals surface area contributed by atoms with E-state index in [9.17, 15) is 18.0 Å². The fraction of sp³-hybridized carbons (Fsp3) is 0.214. The van der Waals surface area contributed by atoms with Crippen LogP contribution in [0.2, 0.25) is 0 Å². The van der Waals surface area contributed by atoms with Crippen LogP contribution in [-0.2, 0) is 25.8 Å². The Hall–Kier alpha value is -4.13. The number of sulfone groups is 1. The van der Waals surface area contributed by atoms with E-state index < -0.39 is 15.7 Å². The predicted octanol–water partition coefficient (Wildman–Crippen LogP) is 4.27. The third-order valence-corrected chi connectivity index (χ3v) is 7.62.